The molecule has 0 aliphatic carbocycles. The zero-order valence-electron chi connectivity index (χ0n) is 16.3. The van der Waals surface area contributed by atoms with Crippen LogP contribution < -0.4 is 15.5 Å². The number of aromatic nitrogens is 2. The van der Waals surface area contributed by atoms with Crippen molar-refractivity contribution in [2.24, 2.45) is 0 Å². The van der Waals surface area contributed by atoms with Gasteiger partial charge in [0.25, 0.3) is 0 Å². The number of nitrogens with one attached hydrogen (secondary N) is 2. The van der Waals surface area contributed by atoms with E-state index in [2.05, 4.69) is 53.6 Å². The summed E-state index contributed by atoms with van der Waals surface area (Å²) in [5, 5.41) is 6.70. The number of aldehydes is 1. The Morgan fingerprint density at radius 3 is 2.48 bits per heavy atom. The summed E-state index contributed by atoms with van der Waals surface area (Å²) in [6, 6.07) is 8.52. The average molecular weight is 367 g/mol. The first kappa shape index (κ1) is 19.3. The van der Waals surface area contributed by atoms with Crippen molar-refractivity contribution >= 4 is 17.8 Å². The van der Waals surface area contributed by atoms with Crippen LogP contribution in [0.2, 0.25) is 0 Å². The molecule has 0 saturated carbocycles. The third kappa shape index (κ3) is 4.63. The molecule has 3 rings (SSSR count). The van der Waals surface area contributed by atoms with Gasteiger partial charge in [-0.15, -0.1) is 0 Å². The fourth-order valence-electron chi connectivity index (χ4n) is 3.46. The Kier molecular flexibility index (Phi) is 6.76. The molecule has 1 fully saturated rings. The van der Waals surface area contributed by atoms with Crippen LogP contribution in [0.15, 0.2) is 24.3 Å². The van der Waals surface area contributed by atoms with Gasteiger partial charge in [0.2, 0.25) is 0 Å². The molecule has 0 atom stereocenters. The van der Waals surface area contributed by atoms with E-state index in [1.807, 2.05) is 0 Å². The summed E-state index contributed by atoms with van der Waals surface area (Å²) >= 11 is 0. The molecule has 27 heavy (non-hydrogen) atoms. The van der Waals surface area contributed by atoms with E-state index < -0.39 is 0 Å². The number of rotatable bonds is 8. The van der Waals surface area contributed by atoms with Gasteiger partial charge in [0, 0.05) is 61.7 Å². The first-order chi connectivity index (χ1) is 13.3. The number of benzene rings is 1. The van der Waals surface area contributed by atoms with Crippen LogP contribution in [0, 0.1) is 0 Å². The molecule has 0 spiro atoms. The molecule has 1 aliphatic heterocycles. The maximum absolute atomic E-state index is 10.6. The lowest BCUT2D eigenvalue weighted by molar-refractivity contribution is -0.107. The van der Waals surface area contributed by atoms with Gasteiger partial charge in [0.1, 0.15) is 12.1 Å². The number of piperazine rings is 1. The molecule has 0 radical (unpaired) electrons. The van der Waals surface area contributed by atoms with Gasteiger partial charge in [0.15, 0.2) is 5.82 Å². The van der Waals surface area contributed by atoms with Gasteiger partial charge in [-0.2, -0.15) is 0 Å². The third-order valence-corrected chi connectivity index (χ3v) is 4.94. The number of aryl methyl sites for hydroxylation is 1. The fraction of sp³-hybridized carbons (Fsp3) is 0.476. The predicted octanol–water partition coefficient (Wildman–Crippen LogP) is 2.68. The molecule has 6 nitrogen and oxygen atoms in total. The van der Waals surface area contributed by atoms with Gasteiger partial charge in [-0.25, -0.2) is 9.97 Å². The van der Waals surface area contributed by atoms with Crippen molar-refractivity contribution in [3.05, 3.63) is 35.5 Å². The lowest BCUT2D eigenvalue weighted by Gasteiger charge is -2.29. The summed E-state index contributed by atoms with van der Waals surface area (Å²) in [6.45, 7) is 8.95. The van der Waals surface area contributed by atoms with Crippen molar-refractivity contribution in [2.75, 3.05) is 42.9 Å². The molecule has 0 bridgehead atoms. The molecule has 1 aliphatic rings. The van der Waals surface area contributed by atoms with E-state index in [0.717, 1.165) is 73.8 Å². The summed E-state index contributed by atoms with van der Waals surface area (Å²) in [4.78, 5) is 22.6. The summed E-state index contributed by atoms with van der Waals surface area (Å²) in [6.07, 6.45) is 3.13. The topological polar surface area (TPSA) is 70.2 Å². The van der Waals surface area contributed by atoms with E-state index in [1.165, 1.54) is 5.69 Å². The highest BCUT2D eigenvalue weighted by molar-refractivity contribution is 5.63. The normalized spacial score (nSPS) is 14.2. The monoisotopic (exact) mass is 367 g/mol. The molecule has 144 valence electrons. The van der Waals surface area contributed by atoms with Crippen molar-refractivity contribution in [1.82, 2.24) is 15.3 Å². The third-order valence-electron chi connectivity index (χ3n) is 4.94. The van der Waals surface area contributed by atoms with E-state index in [1.54, 1.807) is 0 Å². The Bertz CT molecular complexity index is 754. The molecular formula is C21H29N5O. The van der Waals surface area contributed by atoms with Crippen LogP contribution in [0.4, 0.5) is 11.5 Å². The minimum atomic E-state index is 0.476. The average Bonchev–Trinajstić information content (AvgIpc) is 2.74. The quantitative estimate of drug-likeness (QED) is 0.552. The highest BCUT2D eigenvalue weighted by atomic mass is 16.1. The number of anilines is 2. The molecule has 0 unspecified atom stereocenters. The van der Waals surface area contributed by atoms with Crippen LogP contribution >= 0.6 is 0 Å². The van der Waals surface area contributed by atoms with Crippen molar-refractivity contribution in [1.29, 1.82) is 0 Å². The van der Waals surface area contributed by atoms with Crippen LogP contribution in [0.3, 0.4) is 0 Å². The molecule has 1 saturated heterocycles. The van der Waals surface area contributed by atoms with Gasteiger partial charge in [0.05, 0.1) is 0 Å². The zero-order chi connectivity index (χ0) is 19.1. The number of carbonyl (C=O) groups is 1. The molecule has 0 amide bonds. The lowest BCUT2D eigenvalue weighted by atomic mass is 10.1. The molecule has 6 heteroatoms. The van der Waals surface area contributed by atoms with Crippen LogP contribution in [-0.4, -0.2) is 49.0 Å². The highest BCUT2D eigenvalue weighted by Gasteiger charge is 2.14. The SMILES string of the molecule is CCc1nc(-c2ccc(N3CCNCC3)cc2)nc(NCCC=O)c1CC. The lowest BCUT2D eigenvalue weighted by Crippen LogP contribution is -2.43. The minimum Gasteiger partial charge on any atom is -0.369 e. The first-order valence-corrected chi connectivity index (χ1v) is 9.90. The second kappa shape index (κ2) is 9.46. The van der Waals surface area contributed by atoms with E-state index >= 15 is 0 Å². The van der Waals surface area contributed by atoms with Gasteiger partial charge in [-0.1, -0.05) is 13.8 Å². The predicted molar refractivity (Wildman–Crippen MR) is 110 cm³/mol. The molecule has 2 N–H and O–H groups in total. The van der Waals surface area contributed by atoms with Gasteiger partial charge >= 0.3 is 0 Å². The number of carbonyl (C=O) groups excluding carboxylic acids is 1. The Labute approximate surface area is 161 Å². The molecule has 1 aromatic carbocycles. The highest BCUT2D eigenvalue weighted by Crippen LogP contribution is 2.26. The second-order valence-electron chi connectivity index (χ2n) is 6.69. The second-order valence-corrected chi connectivity index (χ2v) is 6.69. The van der Waals surface area contributed by atoms with Crippen LogP contribution in [0.5, 0.6) is 0 Å². The largest absolute Gasteiger partial charge is 0.369 e. The zero-order valence-corrected chi connectivity index (χ0v) is 16.3. The standard InChI is InChI=1S/C21H29N5O/c1-3-18-19(4-2)24-20(25-21(18)23-10-5-15-27)16-6-8-17(9-7-16)26-13-11-22-12-14-26/h6-9,15,22H,3-5,10-14H2,1-2H3,(H,23,24,25). The van der Waals surface area contributed by atoms with Crippen molar-refractivity contribution in [2.45, 2.75) is 33.1 Å². The number of nitrogens with zero attached hydrogens (tertiary/aromatic N) is 3. The van der Waals surface area contributed by atoms with E-state index in [-0.39, 0.29) is 0 Å². The van der Waals surface area contributed by atoms with Gasteiger partial charge < -0.3 is 20.3 Å². The van der Waals surface area contributed by atoms with Crippen molar-refractivity contribution < 1.29 is 4.79 Å². The van der Waals surface area contributed by atoms with Crippen LogP contribution in [0.25, 0.3) is 11.4 Å². The van der Waals surface area contributed by atoms with Crippen LogP contribution in [-0.2, 0) is 17.6 Å². The maximum atomic E-state index is 10.6. The summed E-state index contributed by atoms with van der Waals surface area (Å²) in [5.41, 5.74) is 4.47. The minimum absolute atomic E-state index is 0.476. The Morgan fingerprint density at radius 2 is 1.85 bits per heavy atom. The Hall–Kier alpha value is -2.47. The van der Waals surface area contributed by atoms with Crippen LogP contribution in [0.1, 0.15) is 31.5 Å². The molecule has 2 heterocycles. The molecule has 1 aromatic heterocycles. The van der Waals surface area contributed by atoms with Crippen molar-refractivity contribution in [3.63, 3.8) is 0 Å². The van der Waals surface area contributed by atoms with E-state index in [9.17, 15) is 4.79 Å². The Morgan fingerprint density at radius 1 is 1.11 bits per heavy atom. The number of hydrogen-bond donors (Lipinski definition) is 2. The summed E-state index contributed by atoms with van der Waals surface area (Å²) in [5.74, 6) is 1.59. The molecular weight excluding hydrogens is 338 g/mol. The van der Waals surface area contributed by atoms with Crippen molar-refractivity contribution in [3.8, 4) is 11.4 Å². The fourth-order valence-corrected chi connectivity index (χ4v) is 3.46. The summed E-state index contributed by atoms with van der Waals surface area (Å²) in [7, 11) is 0. The molecule has 2 aromatic rings. The van der Waals surface area contributed by atoms with E-state index in [4.69, 9.17) is 9.97 Å². The van der Waals surface area contributed by atoms with Gasteiger partial charge in [-0.3, -0.25) is 0 Å². The Balaban J connectivity index is 1.88. The van der Waals surface area contributed by atoms with Gasteiger partial charge in [-0.05, 0) is 37.1 Å². The summed E-state index contributed by atoms with van der Waals surface area (Å²) < 4.78 is 0. The first-order valence-electron chi connectivity index (χ1n) is 9.90. The van der Waals surface area contributed by atoms with E-state index in [0.29, 0.717) is 13.0 Å². The number of hydrogen-bond acceptors (Lipinski definition) is 6. The maximum Gasteiger partial charge on any atom is 0.161 e. The smallest absolute Gasteiger partial charge is 0.161 e.